The van der Waals surface area contributed by atoms with Gasteiger partial charge in [-0.05, 0) is 80.2 Å². The van der Waals surface area contributed by atoms with E-state index in [1.54, 1.807) is 11.3 Å². The van der Waals surface area contributed by atoms with Gasteiger partial charge < -0.3 is 0 Å². The molecule has 228 valence electrons. The van der Waals surface area contributed by atoms with Gasteiger partial charge in [-0.25, -0.2) is 15.0 Å². The van der Waals surface area contributed by atoms with Gasteiger partial charge in [0.1, 0.15) is 0 Å². The molecule has 0 bridgehead atoms. The monoisotopic (exact) mass is 633 g/mol. The van der Waals surface area contributed by atoms with Crippen molar-refractivity contribution in [1.29, 1.82) is 0 Å². The summed E-state index contributed by atoms with van der Waals surface area (Å²) < 4.78 is 1.22. The molecule has 0 amide bonds. The van der Waals surface area contributed by atoms with Gasteiger partial charge >= 0.3 is 0 Å². The van der Waals surface area contributed by atoms with E-state index in [4.69, 9.17) is 15.0 Å². The third-order valence-electron chi connectivity index (χ3n) is 9.55. The van der Waals surface area contributed by atoms with Crippen LogP contribution < -0.4 is 0 Å². The average Bonchev–Trinajstić information content (AvgIpc) is 3.68. The zero-order valence-corrected chi connectivity index (χ0v) is 27.5. The number of hydrogen-bond acceptors (Lipinski definition) is 4. The van der Waals surface area contributed by atoms with Crippen LogP contribution in [0.2, 0.25) is 0 Å². The molecule has 6 aromatic carbocycles. The average molecular weight is 634 g/mol. The third-order valence-corrected chi connectivity index (χ3v) is 10.7. The van der Waals surface area contributed by atoms with Crippen LogP contribution >= 0.6 is 11.3 Å². The highest BCUT2D eigenvalue weighted by Gasteiger charge is 2.35. The molecule has 1 aliphatic rings. The van der Waals surface area contributed by atoms with Crippen LogP contribution in [0, 0.1) is 0 Å². The van der Waals surface area contributed by atoms with E-state index in [1.807, 2.05) is 18.2 Å². The smallest absolute Gasteiger partial charge is 0.174 e. The quantitative estimate of drug-likeness (QED) is 0.189. The first-order valence-corrected chi connectivity index (χ1v) is 17.1. The summed E-state index contributed by atoms with van der Waals surface area (Å²) in [5.74, 6) is 2.02. The van der Waals surface area contributed by atoms with Crippen molar-refractivity contribution in [3.05, 3.63) is 163 Å². The van der Waals surface area contributed by atoms with Crippen molar-refractivity contribution < 1.29 is 0 Å². The molecule has 2 aromatic heterocycles. The van der Waals surface area contributed by atoms with Gasteiger partial charge in [0.15, 0.2) is 17.5 Å². The van der Waals surface area contributed by atoms with Crippen molar-refractivity contribution in [2.45, 2.75) is 19.3 Å². The number of thiophene rings is 1. The standard InChI is InChI=1S/C44H31N3S/c1-44(2)37-20-8-7-19-35(37)36-23-22-32(26-38(36)44)30-16-10-15-29(24-30)31-17-11-18-34(25-31)42-45-41(28-12-4-3-5-13-28)46-43(47-42)40-27-33-14-6-9-21-39(33)48-40/h3-27H,1-2H3. The molecule has 0 radical (unpaired) electrons. The lowest BCUT2D eigenvalue weighted by Gasteiger charge is -2.22. The number of aromatic nitrogens is 3. The van der Waals surface area contributed by atoms with E-state index in [9.17, 15) is 0 Å². The Morgan fingerprint density at radius 2 is 0.979 bits per heavy atom. The Bertz CT molecular complexity index is 2460. The highest BCUT2D eigenvalue weighted by molar-refractivity contribution is 7.22. The van der Waals surface area contributed by atoms with Crippen LogP contribution in [-0.4, -0.2) is 15.0 Å². The summed E-state index contributed by atoms with van der Waals surface area (Å²) >= 11 is 1.71. The first-order chi connectivity index (χ1) is 23.5. The van der Waals surface area contributed by atoms with E-state index in [0.717, 1.165) is 27.1 Å². The molecule has 8 aromatic rings. The maximum absolute atomic E-state index is 5.05. The maximum Gasteiger partial charge on any atom is 0.174 e. The molecular formula is C44H31N3S. The van der Waals surface area contributed by atoms with Crippen LogP contribution in [0.1, 0.15) is 25.0 Å². The molecule has 0 N–H and O–H groups in total. The first-order valence-electron chi connectivity index (χ1n) is 16.3. The molecule has 9 rings (SSSR count). The zero-order chi connectivity index (χ0) is 32.2. The third kappa shape index (κ3) is 4.85. The van der Waals surface area contributed by atoms with E-state index < -0.39 is 0 Å². The van der Waals surface area contributed by atoms with Crippen molar-refractivity contribution in [3.63, 3.8) is 0 Å². The number of hydrogen-bond donors (Lipinski definition) is 0. The van der Waals surface area contributed by atoms with Crippen LogP contribution in [0.15, 0.2) is 152 Å². The minimum atomic E-state index is -0.0360. The van der Waals surface area contributed by atoms with Crippen LogP contribution in [0.5, 0.6) is 0 Å². The second kappa shape index (κ2) is 11.2. The molecule has 0 unspecified atom stereocenters. The fourth-order valence-corrected chi connectivity index (χ4v) is 8.02. The predicted molar refractivity (Wildman–Crippen MR) is 200 cm³/mol. The molecule has 2 heterocycles. The molecule has 48 heavy (non-hydrogen) atoms. The van der Waals surface area contributed by atoms with E-state index in [0.29, 0.717) is 17.5 Å². The Morgan fingerprint density at radius 1 is 0.417 bits per heavy atom. The topological polar surface area (TPSA) is 38.7 Å². The predicted octanol–water partition coefficient (Wildman–Crippen LogP) is 11.7. The molecule has 3 nitrogen and oxygen atoms in total. The van der Waals surface area contributed by atoms with Gasteiger partial charge in [0.05, 0.1) is 4.88 Å². The van der Waals surface area contributed by atoms with Crippen molar-refractivity contribution in [1.82, 2.24) is 15.0 Å². The van der Waals surface area contributed by atoms with Gasteiger partial charge in [-0.15, -0.1) is 11.3 Å². The Balaban J connectivity index is 1.11. The summed E-state index contributed by atoms with van der Waals surface area (Å²) in [4.78, 5) is 16.0. The van der Waals surface area contributed by atoms with Gasteiger partial charge in [-0.2, -0.15) is 0 Å². The second-order valence-corrected chi connectivity index (χ2v) is 14.0. The minimum absolute atomic E-state index is 0.0360. The van der Waals surface area contributed by atoms with E-state index in [-0.39, 0.29) is 5.41 Å². The SMILES string of the molecule is CC1(C)c2ccccc2-c2ccc(-c3cccc(-c4cccc(-c5nc(-c6ccccc6)nc(-c6cc7ccccc7s6)n5)c4)c3)cc21. The van der Waals surface area contributed by atoms with Crippen LogP contribution in [0.4, 0.5) is 0 Å². The van der Waals surface area contributed by atoms with Crippen molar-refractivity contribution >= 4 is 21.4 Å². The Kier molecular flexibility index (Phi) is 6.66. The second-order valence-electron chi connectivity index (χ2n) is 12.9. The maximum atomic E-state index is 5.05. The normalized spacial score (nSPS) is 13.0. The zero-order valence-electron chi connectivity index (χ0n) is 26.7. The van der Waals surface area contributed by atoms with E-state index in [1.165, 1.54) is 43.5 Å². The van der Waals surface area contributed by atoms with Crippen LogP contribution in [0.25, 0.3) is 76.9 Å². The fraction of sp³-hybridized carbons (Fsp3) is 0.0682. The molecule has 0 saturated carbocycles. The Hall–Kier alpha value is -5.71. The number of nitrogens with zero attached hydrogens (tertiary/aromatic N) is 3. The molecule has 0 spiro atoms. The van der Waals surface area contributed by atoms with Crippen molar-refractivity contribution in [3.8, 4) is 66.9 Å². The van der Waals surface area contributed by atoms with E-state index in [2.05, 4.69) is 147 Å². The summed E-state index contributed by atoms with van der Waals surface area (Å²) in [7, 11) is 0. The van der Waals surface area contributed by atoms with Crippen molar-refractivity contribution in [2.24, 2.45) is 0 Å². The molecule has 0 fully saturated rings. The molecule has 1 aliphatic carbocycles. The van der Waals surface area contributed by atoms with Gasteiger partial charge in [0.2, 0.25) is 0 Å². The largest absolute Gasteiger partial charge is 0.208 e. The molecule has 0 aliphatic heterocycles. The number of benzene rings is 6. The van der Waals surface area contributed by atoms with Crippen LogP contribution in [0.3, 0.4) is 0 Å². The minimum Gasteiger partial charge on any atom is -0.208 e. The van der Waals surface area contributed by atoms with Crippen molar-refractivity contribution in [2.75, 3.05) is 0 Å². The molecule has 4 heteroatoms. The summed E-state index contributed by atoms with van der Waals surface area (Å²) in [5.41, 5.74) is 12.0. The summed E-state index contributed by atoms with van der Waals surface area (Å²) in [6.07, 6.45) is 0. The summed E-state index contributed by atoms with van der Waals surface area (Å²) in [5, 5.41) is 1.19. The lowest BCUT2D eigenvalue weighted by Crippen LogP contribution is -2.14. The molecular weight excluding hydrogens is 603 g/mol. The highest BCUT2D eigenvalue weighted by atomic mass is 32.1. The molecule has 0 saturated heterocycles. The van der Waals surface area contributed by atoms with Gasteiger partial charge in [0, 0.05) is 21.2 Å². The summed E-state index contributed by atoms with van der Waals surface area (Å²) in [6.45, 7) is 4.67. The lowest BCUT2D eigenvalue weighted by atomic mass is 9.81. The highest BCUT2D eigenvalue weighted by Crippen LogP contribution is 2.49. The number of rotatable bonds is 5. The van der Waals surface area contributed by atoms with Gasteiger partial charge in [-0.1, -0.05) is 135 Å². The summed E-state index contributed by atoms with van der Waals surface area (Å²) in [6, 6.07) is 53.9. The Labute approximate surface area is 284 Å². The first kappa shape index (κ1) is 28.5. The Morgan fingerprint density at radius 3 is 1.75 bits per heavy atom. The van der Waals surface area contributed by atoms with Gasteiger partial charge in [-0.3, -0.25) is 0 Å². The van der Waals surface area contributed by atoms with E-state index >= 15 is 0 Å². The fourth-order valence-electron chi connectivity index (χ4n) is 7.02. The number of fused-ring (bicyclic) bond motifs is 4. The van der Waals surface area contributed by atoms with Gasteiger partial charge in [0.25, 0.3) is 0 Å². The lowest BCUT2D eigenvalue weighted by molar-refractivity contribution is 0.660. The molecule has 0 atom stereocenters. The van der Waals surface area contributed by atoms with Crippen LogP contribution in [-0.2, 0) is 5.41 Å².